The van der Waals surface area contributed by atoms with Gasteiger partial charge in [-0.25, -0.2) is 0 Å². The number of rotatable bonds is 5. The zero-order valence-corrected chi connectivity index (χ0v) is 18.3. The van der Waals surface area contributed by atoms with Gasteiger partial charge in [-0.05, 0) is 87.0 Å². The van der Waals surface area contributed by atoms with Crippen molar-refractivity contribution in [3.8, 4) is 11.3 Å². The van der Waals surface area contributed by atoms with E-state index in [9.17, 15) is 4.79 Å². The number of fused-ring (bicyclic) bond motifs is 1. The van der Waals surface area contributed by atoms with Crippen molar-refractivity contribution in [2.24, 2.45) is 0 Å². The van der Waals surface area contributed by atoms with Crippen LogP contribution < -0.4 is 0 Å². The van der Waals surface area contributed by atoms with Crippen molar-refractivity contribution in [1.29, 1.82) is 0 Å². The van der Waals surface area contributed by atoms with E-state index in [0.29, 0.717) is 11.8 Å². The van der Waals surface area contributed by atoms with Crippen molar-refractivity contribution in [3.05, 3.63) is 52.8 Å². The van der Waals surface area contributed by atoms with Crippen molar-refractivity contribution in [3.63, 3.8) is 0 Å². The van der Waals surface area contributed by atoms with Gasteiger partial charge in [-0.3, -0.25) is 14.7 Å². The number of hydrogen-bond acceptors (Lipinski definition) is 3. The summed E-state index contributed by atoms with van der Waals surface area (Å²) in [6.45, 7) is 10.4. The zero-order chi connectivity index (χ0) is 21.4. The van der Waals surface area contributed by atoms with Gasteiger partial charge >= 0.3 is 5.97 Å². The Morgan fingerprint density at radius 1 is 1.17 bits per heavy atom. The van der Waals surface area contributed by atoms with Crippen LogP contribution in [0, 0.1) is 13.8 Å². The molecule has 0 amide bonds. The van der Waals surface area contributed by atoms with Gasteiger partial charge < -0.3 is 10.1 Å². The summed E-state index contributed by atoms with van der Waals surface area (Å²) in [6, 6.07) is 11.1. The van der Waals surface area contributed by atoms with E-state index < -0.39 is 5.97 Å². The average Bonchev–Trinajstić information content (AvgIpc) is 3.06. The predicted octanol–water partition coefficient (Wildman–Crippen LogP) is 5.23. The third kappa shape index (κ3) is 4.12. The van der Waals surface area contributed by atoms with Crippen LogP contribution in [-0.2, 0) is 4.79 Å². The Labute approximate surface area is 178 Å². The lowest BCUT2D eigenvalue weighted by Gasteiger charge is -2.31. The molecule has 5 nitrogen and oxygen atoms in total. The lowest BCUT2D eigenvalue weighted by atomic mass is 9.87. The summed E-state index contributed by atoms with van der Waals surface area (Å²) in [5.74, 6) is 0.149. The molecule has 0 spiro atoms. The highest BCUT2D eigenvalue weighted by atomic mass is 16.4. The normalized spacial score (nSPS) is 15.9. The standard InChI is InChI=1S/C25H31N3O2/c1-15(2)24-21-13-19(18-7-9-28(10-8-18)14-23(29)30)5-6-22(21)27-25(24)20-11-16(3)26-17(4)12-20/h5-6,11-13,15,18,27H,7-10,14H2,1-4H3,(H,29,30). The van der Waals surface area contributed by atoms with Crippen LogP contribution in [0.5, 0.6) is 0 Å². The van der Waals surface area contributed by atoms with Crippen molar-refractivity contribution in [2.45, 2.75) is 52.4 Å². The Morgan fingerprint density at radius 2 is 1.83 bits per heavy atom. The van der Waals surface area contributed by atoms with Crippen molar-refractivity contribution >= 4 is 16.9 Å². The molecule has 4 rings (SSSR count). The Balaban J connectivity index is 1.69. The molecule has 0 aliphatic carbocycles. The smallest absolute Gasteiger partial charge is 0.317 e. The second-order valence-corrected chi connectivity index (χ2v) is 8.96. The monoisotopic (exact) mass is 405 g/mol. The molecule has 0 bridgehead atoms. The van der Waals surface area contributed by atoms with E-state index in [1.54, 1.807) is 0 Å². The molecule has 1 aliphatic rings. The SMILES string of the molecule is Cc1cc(-c2[nH]c3ccc(C4CCN(CC(=O)O)CC4)cc3c2C(C)C)cc(C)n1. The topological polar surface area (TPSA) is 69.2 Å². The summed E-state index contributed by atoms with van der Waals surface area (Å²) in [5.41, 5.74) is 8.37. The lowest BCUT2D eigenvalue weighted by molar-refractivity contribution is -0.138. The molecule has 0 saturated carbocycles. The number of nitrogens with zero attached hydrogens (tertiary/aromatic N) is 2. The third-order valence-corrected chi connectivity index (χ3v) is 6.23. The maximum atomic E-state index is 11.0. The maximum absolute atomic E-state index is 11.0. The molecule has 0 unspecified atom stereocenters. The van der Waals surface area contributed by atoms with E-state index in [1.807, 2.05) is 18.7 Å². The number of aryl methyl sites for hydroxylation is 2. The molecule has 0 radical (unpaired) electrons. The molecule has 158 valence electrons. The Hall–Kier alpha value is -2.66. The van der Waals surface area contributed by atoms with Crippen LogP contribution in [-0.4, -0.2) is 45.6 Å². The summed E-state index contributed by atoms with van der Waals surface area (Å²) in [4.78, 5) is 21.2. The number of carboxylic acid groups (broad SMARTS) is 1. The van der Waals surface area contributed by atoms with Gasteiger partial charge in [0.1, 0.15) is 0 Å². The number of hydrogen-bond donors (Lipinski definition) is 2. The van der Waals surface area contributed by atoms with Crippen LogP contribution in [0.25, 0.3) is 22.2 Å². The molecule has 2 aromatic heterocycles. The number of carboxylic acids is 1. The van der Waals surface area contributed by atoms with Crippen molar-refractivity contribution in [1.82, 2.24) is 14.9 Å². The first-order valence-corrected chi connectivity index (χ1v) is 10.9. The van der Waals surface area contributed by atoms with E-state index in [4.69, 9.17) is 5.11 Å². The fraction of sp³-hybridized carbons (Fsp3) is 0.440. The second kappa shape index (κ2) is 8.23. The fourth-order valence-electron chi connectivity index (χ4n) is 4.91. The van der Waals surface area contributed by atoms with Crippen molar-refractivity contribution < 1.29 is 9.90 Å². The Bertz CT molecular complexity index is 1060. The third-order valence-electron chi connectivity index (χ3n) is 6.23. The van der Waals surface area contributed by atoms with Gasteiger partial charge in [-0.2, -0.15) is 0 Å². The van der Waals surface area contributed by atoms with E-state index >= 15 is 0 Å². The van der Waals surface area contributed by atoms with E-state index in [0.717, 1.165) is 37.3 Å². The molecule has 5 heteroatoms. The van der Waals surface area contributed by atoms with Gasteiger partial charge in [0.15, 0.2) is 0 Å². The number of H-pyrrole nitrogens is 1. The molecule has 1 saturated heterocycles. The first-order valence-electron chi connectivity index (χ1n) is 10.9. The molecular weight excluding hydrogens is 374 g/mol. The van der Waals surface area contributed by atoms with Crippen molar-refractivity contribution in [2.75, 3.05) is 19.6 Å². The highest BCUT2D eigenvalue weighted by molar-refractivity contribution is 5.92. The summed E-state index contributed by atoms with van der Waals surface area (Å²) in [6.07, 6.45) is 2.02. The Morgan fingerprint density at radius 3 is 2.43 bits per heavy atom. The summed E-state index contributed by atoms with van der Waals surface area (Å²) >= 11 is 0. The van der Waals surface area contributed by atoms with Gasteiger partial charge in [0.05, 0.1) is 12.2 Å². The van der Waals surface area contributed by atoms with Gasteiger partial charge in [-0.15, -0.1) is 0 Å². The minimum Gasteiger partial charge on any atom is -0.480 e. The first kappa shape index (κ1) is 20.6. The van der Waals surface area contributed by atoms with Crippen LogP contribution >= 0.6 is 0 Å². The number of nitrogens with one attached hydrogen (secondary N) is 1. The van der Waals surface area contributed by atoms with E-state index in [2.05, 4.69) is 54.1 Å². The molecule has 3 aromatic rings. The van der Waals surface area contributed by atoms with Crippen LogP contribution in [0.2, 0.25) is 0 Å². The lowest BCUT2D eigenvalue weighted by Crippen LogP contribution is -2.36. The molecular formula is C25H31N3O2. The number of aromatic nitrogens is 2. The summed E-state index contributed by atoms with van der Waals surface area (Å²) in [7, 11) is 0. The number of carbonyl (C=O) groups is 1. The number of piperidine rings is 1. The van der Waals surface area contributed by atoms with Crippen LogP contribution in [0.3, 0.4) is 0 Å². The number of pyridine rings is 1. The molecule has 30 heavy (non-hydrogen) atoms. The molecule has 1 fully saturated rings. The fourth-order valence-corrected chi connectivity index (χ4v) is 4.91. The first-order chi connectivity index (χ1) is 14.3. The summed E-state index contributed by atoms with van der Waals surface area (Å²) < 4.78 is 0. The quantitative estimate of drug-likeness (QED) is 0.609. The zero-order valence-electron chi connectivity index (χ0n) is 18.3. The highest BCUT2D eigenvalue weighted by Crippen LogP contribution is 2.38. The van der Waals surface area contributed by atoms with Crippen LogP contribution in [0.1, 0.15) is 61.0 Å². The number of aromatic amines is 1. The minimum absolute atomic E-state index is 0.148. The molecule has 2 N–H and O–H groups in total. The van der Waals surface area contributed by atoms with Crippen LogP contribution in [0.4, 0.5) is 0 Å². The molecule has 3 heterocycles. The van der Waals surface area contributed by atoms with Gasteiger partial charge in [0, 0.05) is 27.9 Å². The molecule has 1 aromatic carbocycles. The Kier molecular flexibility index (Phi) is 5.65. The number of likely N-dealkylation sites (tertiary alicyclic amines) is 1. The number of benzene rings is 1. The highest BCUT2D eigenvalue weighted by Gasteiger charge is 2.23. The van der Waals surface area contributed by atoms with E-state index in [-0.39, 0.29) is 6.54 Å². The number of aliphatic carboxylic acids is 1. The van der Waals surface area contributed by atoms with Crippen LogP contribution in [0.15, 0.2) is 30.3 Å². The van der Waals surface area contributed by atoms with Gasteiger partial charge in [0.2, 0.25) is 0 Å². The van der Waals surface area contributed by atoms with Gasteiger partial charge in [0.25, 0.3) is 0 Å². The maximum Gasteiger partial charge on any atom is 0.317 e. The second-order valence-electron chi connectivity index (χ2n) is 8.96. The predicted molar refractivity (Wildman–Crippen MR) is 121 cm³/mol. The van der Waals surface area contributed by atoms with E-state index in [1.165, 1.54) is 33.3 Å². The largest absolute Gasteiger partial charge is 0.480 e. The minimum atomic E-state index is -0.738. The van der Waals surface area contributed by atoms with Gasteiger partial charge in [-0.1, -0.05) is 19.9 Å². The average molecular weight is 406 g/mol. The summed E-state index contributed by atoms with van der Waals surface area (Å²) in [5, 5.41) is 10.3. The molecule has 0 atom stereocenters. The molecule has 1 aliphatic heterocycles.